The summed E-state index contributed by atoms with van der Waals surface area (Å²) >= 11 is 6.15. The van der Waals surface area contributed by atoms with E-state index >= 15 is 0 Å². The minimum atomic E-state index is 0.271. The van der Waals surface area contributed by atoms with Crippen LogP contribution in [0.4, 0.5) is 0 Å². The molecule has 0 aliphatic heterocycles. The lowest BCUT2D eigenvalue weighted by Gasteiger charge is -2.10. The normalized spacial score (nSPS) is 13.0. The van der Waals surface area contributed by atoms with Crippen LogP contribution in [0.15, 0.2) is 43.1 Å². The average molecular weight is 206 g/mol. The number of rotatable bonds is 2. The van der Waals surface area contributed by atoms with Gasteiger partial charge in [-0.05, 0) is 19.1 Å². The summed E-state index contributed by atoms with van der Waals surface area (Å²) in [5, 5.41) is 1.97. The van der Waals surface area contributed by atoms with Crippen molar-refractivity contribution >= 4 is 22.5 Å². The number of para-hydroxylation sites is 1. The summed E-state index contributed by atoms with van der Waals surface area (Å²) in [6.45, 7) is 5.88. The maximum absolute atomic E-state index is 6.15. The number of halogens is 1. The molecule has 1 atom stereocenters. The summed E-state index contributed by atoms with van der Waals surface area (Å²) in [4.78, 5) is 0. The number of nitrogens with zero attached hydrogens (tertiary/aromatic N) is 1. The van der Waals surface area contributed by atoms with Gasteiger partial charge in [-0.15, -0.1) is 6.58 Å². The molecule has 0 spiro atoms. The van der Waals surface area contributed by atoms with Gasteiger partial charge < -0.3 is 4.57 Å². The zero-order valence-electron chi connectivity index (χ0n) is 8.07. The molecule has 0 saturated carbocycles. The summed E-state index contributed by atoms with van der Waals surface area (Å²) in [5.74, 6) is 0. The van der Waals surface area contributed by atoms with Crippen LogP contribution in [0.5, 0.6) is 0 Å². The topological polar surface area (TPSA) is 4.93 Å². The van der Waals surface area contributed by atoms with Gasteiger partial charge in [-0.2, -0.15) is 0 Å². The van der Waals surface area contributed by atoms with Crippen molar-refractivity contribution in [2.45, 2.75) is 13.0 Å². The maximum atomic E-state index is 6.15. The standard InChI is InChI=1S/C12H12ClN/c1-3-9(2)14-8-7-10-5-4-6-11(13)12(10)14/h3-9H,1H2,2H3. The lowest BCUT2D eigenvalue weighted by atomic mass is 10.2. The Morgan fingerprint density at radius 3 is 2.93 bits per heavy atom. The van der Waals surface area contributed by atoms with Crippen LogP contribution < -0.4 is 0 Å². The molecule has 0 bridgehead atoms. The summed E-state index contributed by atoms with van der Waals surface area (Å²) in [7, 11) is 0. The largest absolute Gasteiger partial charge is 0.340 e. The second-order valence-electron chi connectivity index (χ2n) is 3.38. The number of allylic oxidation sites excluding steroid dienone is 1. The summed E-state index contributed by atoms with van der Waals surface area (Å²) in [6, 6.07) is 8.28. The van der Waals surface area contributed by atoms with Crippen LogP contribution in [0.25, 0.3) is 10.9 Å². The predicted octanol–water partition coefficient (Wildman–Crippen LogP) is 4.04. The molecule has 0 N–H and O–H groups in total. The highest BCUT2D eigenvalue weighted by atomic mass is 35.5. The first-order valence-electron chi connectivity index (χ1n) is 4.61. The molecule has 1 nitrogen and oxygen atoms in total. The molecule has 1 heterocycles. The Balaban J connectivity index is 2.72. The SMILES string of the molecule is C=CC(C)n1ccc2cccc(Cl)c21. The van der Waals surface area contributed by atoms with Gasteiger partial charge in [-0.25, -0.2) is 0 Å². The van der Waals surface area contributed by atoms with Crippen molar-refractivity contribution in [3.63, 3.8) is 0 Å². The third-order valence-electron chi connectivity index (χ3n) is 2.47. The molecule has 0 saturated heterocycles. The van der Waals surface area contributed by atoms with Gasteiger partial charge in [0.15, 0.2) is 0 Å². The minimum absolute atomic E-state index is 0.271. The Kier molecular flexibility index (Phi) is 2.34. The Morgan fingerprint density at radius 2 is 2.21 bits per heavy atom. The monoisotopic (exact) mass is 205 g/mol. The van der Waals surface area contributed by atoms with Crippen molar-refractivity contribution in [1.29, 1.82) is 0 Å². The van der Waals surface area contributed by atoms with Crippen LogP contribution in [0.3, 0.4) is 0 Å². The van der Waals surface area contributed by atoms with Crippen molar-refractivity contribution in [3.8, 4) is 0 Å². The number of hydrogen-bond donors (Lipinski definition) is 0. The number of fused-ring (bicyclic) bond motifs is 1. The van der Waals surface area contributed by atoms with Crippen molar-refractivity contribution < 1.29 is 0 Å². The first-order valence-corrected chi connectivity index (χ1v) is 4.99. The third-order valence-corrected chi connectivity index (χ3v) is 2.78. The van der Waals surface area contributed by atoms with Gasteiger partial charge in [0.1, 0.15) is 0 Å². The van der Waals surface area contributed by atoms with E-state index in [0.717, 1.165) is 10.5 Å². The molecule has 1 aromatic carbocycles. The van der Waals surface area contributed by atoms with Gasteiger partial charge >= 0.3 is 0 Å². The zero-order chi connectivity index (χ0) is 10.1. The molecular weight excluding hydrogens is 194 g/mol. The van der Waals surface area contributed by atoms with E-state index in [0.29, 0.717) is 0 Å². The highest BCUT2D eigenvalue weighted by Crippen LogP contribution is 2.27. The highest BCUT2D eigenvalue weighted by molar-refractivity contribution is 6.35. The van der Waals surface area contributed by atoms with Crippen LogP contribution in [-0.4, -0.2) is 4.57 Å². The van der Waals surface area contributed by atoms with E-state index < -0.39 is 0 Å². The van der Waals surface area contributed by atoms with Gasteiger partial charge in [-0.1, -0.05) is 29.8 Å². The minimum Gasteiger partial charge on any atom is -0.340 e. The third kappa shape index (κ3) is 1.34. The van der Waals surface area contributed by atoms with Crippen LogP contribution >= 0.6 is 11.6 Å². The molecular formula is C12H12ClN. The Bertz CT molecular complexity index is 470. The smallest absolute Gasteiger partial charge is 0.0675 e. The lowest BCUT2D eigenvalue weighted by Crippen LogP contribution is -1.99. The van der Waals surface area contributed by atoms with Crippen LogP contribution in [0, 0.1) is 0 Å². The summed E-state index contributed by atoms with van der Waals surface area (Å²) < 4.78 is 2.13. The predicted molar refractivity (Wildman–Crippen MR) is 61.9 cm³/mol. The van der Waals surface area contributed by atoms with E-state index in [1.165, 1.54) is 5.39 Å². The van der Waals surface area contributed by atoms with Gasteiger partial charge in [0.25, 0.3) is 0 Å². The second-order valence-corrected chi connectivity index (χ2v) is 3.78. The van der Waals surface area contributed by atoms with Crippen LogP contribution in [0.2, 0.25) is 5.02 Å². The molecule has 0 aliphatic carbocycles. The van der Waals surface area contributed by atoms with E-state index in [9.17, 15) is 0 Å². The average Bonchev–Trinajstić information content (AvgIpc) is 2.62. The fourth-order valence-corrected chi connectivity index (χ4v) is 1.91. The molecule has 2 aromatic rings. The molecule has 2 rings (SSSR count). The molecule has 14 heavy (non-hydrogen) atoms. The second kappa shape index (κ2) is 3.50. The molecule has 0 fully saturated rings. The Labute approximate surface area is 88.6 Å². The van der Waals surface area contributed by atoms with Gasteiger partial charge in [0, 0.05) is 17.6 Å². The van der Waals surface area contributed by atoms with Crippen molar-refractivity contribution in [2.75, 3.05) is 0 Å². The molecule has 0 aliphatic rings. The fraction of sp³-hybridized carbons (Fsp3) is 0.167. The lowest BCUT2D eigenvalue weighted by molar-refractivity contribution is 0.689. The van der Waals surface area contributed by atoms with Crippen LogP contribution in [0.1, 0.15) is 13.0 Å². The first kappa shape index (κ1) is 9.35. The van der Waals surface area contributed by atoms with Crippen molar-refractivity contribution in [3.05, 3.63) is 48.1 Å². The molecule has 0 amide bonds. The van der Waals surface area contributed by atoms with E-state index in [-0.39, 0.29) is 6.04 Å². The van der Waals surface area contributed by atoms with E-state index in [1.807, 2.05) is 24.4 Å². The fourth-order valence-electron chi connectivity index (χ4n) is 1.63. The Hall–Kier alpha value is -1.21. The van der Waals surface area contributed by atoms with Gasteiger partial charge in [-0.3, -0.25) is 0 Å². The molecule has 1 unspecified atom stereocenters. The number of hydrogen-bond acceptors (Lipinski definition) is 0. The van der Waals surface area contributed by atoms with Crippen LogP contribution in [-0.2, 0) is 0 Å². The highest BCUT2D eigenvalue weighted by Gasteiger charge is 2.07. The summed E-state index contributed by atoms with van der Waals surface area (Å²) in [5.41, 5.74) is 1.08. The van der Waals surface area contributed by atoms with Crippen molar-refractivity contribution in [1.82, 2.24) is 4.57 Å². The van der Waals surface area contributed by atoms with E-state index in [1.54, 1.807) is 0 Å². The molecule has 0 radical (unpaired) electrons. The van der Waals surface area contributed by atoms with Gasteiger partial charge in [0.2, 0.25) is 0 Å². The van der Waals surface area contributed by atoms with Gasteiger partial charge in [0.05, 0.1) is 10.5 Å². The quantitative estimate of drug-likeness (QED) is 0.652. The van der Waals surface area contributed by atoms with E-state index in [4.69, 9.17) is 11.6 Å². The summed E-state index contributed by atoms with van der Waals surface area (Å²) in [6.07, 6.45) is 3.95. The van der Waals surface area contributed by atoms with E-state index in [2.05, 4.69) is 30.2 Å². The van der Waals surface area contributed by atoms with Crippen molar-refractivity contribution in [2.24, 2.45) is 0 Å². The Morgan fingerprint density at radius 1 is 1.43 bits per heavy atom. The molecule has 1 aromatic heterocycles. The first-order chi connectivity index (χ1) is 6.74. The molecule has 2 heteroatoms. The molecule has 72 valence electrons. The zero-order valence-corrected chi connectivity index (χ0v) is 8.83. The number of benzene rings is 1. The number of aromatic nitrogens is 1. The maximum Gasteiger partial charge on any atom is 0.0675 e.